The zero-order valence-corrected chi connectivity index (χ0v) is 21.3. The summed E-state index contributed by atoms with van der Waals surface area (Å²) in [5.41, 5.74) is 0.605. The second-order valence-corrected chi connectivity index (χ2v) is 7.88. The van der Waals surface area contributed by atoms with Crippen LogP contribution in [0.15, 0.2) is 30.3 Å². The molecule has 1 rings (SSSR count). The number of ether oxygens (including phenoxy) is 4. The molecule has 1 aromatic rings. The summed E-state index contributed by atoms with van der Waals surface area (Å²) in [5, 5.41) is 4.90. The molecule has 2 N–H and O–H groups in total. The molecule has 1 aromatic carbocycles. The van der Waals surface area contributed by atoms with E-state index in [9.17, 15) is 23.2 Å². The van der Waals surface area contributed by atoms with Gasteiger partial charge in [0.25, 0.3) is 6.47 Å². The zero-order chi connectivity index (χ0) is 27.0. The molecule has 2 amide bonds. The number of rotatable bonds is 9. The number of hydrogen-bond acceptors (Lipinski definition) is 7. The fourth-order valence-corrected chi connectivity index (χ4v) is 1.63. The molecule has 34 heavy (non-hydrogen) atoms. The molecule has 1 atom stereocenters. The van der Waals surface area contributed by atoms with Crippen LogP contribution in [0.4, 0.5) is 13.6 Å². The van der Waals surface area contributed by atoms with Crippen molar-refractivity contribution in [2.75, 3.05) is 20.8 Å². The molecule has 0 aromatic heterocycles. The predicted molar refractivity (Wildman–Crippen MR) is 125 cm³/mol. The van der Waals surface area contributed by atoms with Crippen LogP contribution in [-0.2, 0) is 35.1 Å². The maximum atomic E-state index is 11.3. The normalized spacial score (nSPS) is 10.7. The van der Waals surface area contributed by atoms with Gasteiger partial charge in [0.15, 0.2) is 0 Å². The summed E-state index contributed by atoms with van der Waals surface area (Å²) in [4.78, 5) is 30.4. The Morgan fingerprint density at radius 1 is 1.06 bits per heavy atom. The van der Waals surface area contributed by atoms with Gasteiger partial charge in [-0.15, -0.1) is 0 Å². The molecule has 0 saturated heterocycles. The Kier molecular flexibility index (Phi) is 24.6. The first-order valence-electron chi connectivity index (χ1n) is 10.4. The van der Waals surface area contributed by atoms with E-state index in [0.29, 0.717) is 19.5 Å². The summed E-state index contributed by atoms with van der Waals surface area (Å²) < 4.78 is 40.3. The molecular formula is C23H40F2N2O7. The van der Waals surface area contributed by atoms with Crippen molar-refractivity contribution in [2.45, 2.75) is 72.4 Å². The van der Waals surface area contributed by atoms with Crippen LogP contribution in [-0.4, -0.2) is 64.1 Å². The highest BCUT2D eigenvalue weighted by Crippen LogP contribution is 2.06. The van der Waals surface area contributed by atoms with E-state index in [1.165, 1.54) is 0 Å². The van der Waals surface area contributed by atoms with E-state index in [2.05, 4.69) is 24.8 Å². The number of alkyl carbamates (subject to hydrolysis) is 1. The van der Waals surface area contributed by atoms with Gasteiger partial charge in [-0.1, -0.05) is 30.3 Å². The summed E-state index contributed by atoms with van der Waals surface area (Å²) in [6.07, 6.45) is 0.0898. The first-order valence-corrected chi connectivity index (χ1v) is 10.4. The number of carbonyl (C=O) groups is 3. The van der Waals surface area contributed by atoms with Gasteiger partial charge < -0.3 is 29.6 Å². The minimum absolute atomic E-state index is 0.129. The van der Waals surface area contributed by atoms with Crippen LogP contribution in [0.25, 0.3) is 0 Å². The van der Waals surface area contributed by atoms with Crippen LogP contribution in [0.2, 0.25) is 0 Å². The maximum absolute atomic E-state index is 11.3. The second-order valence-electron chi connectivity index (χ2n) is 7.88. The third-order valence-electron chi connectivity index (χ3n) is 2.79. The van der Waals surface area contributed by atoms with E-state index in [4.69, 9.17) is 4.74 Å². The summed E-state index contributed by atoms with van der Waals surface area (Å²) in [6.45, 7) is 8.75. The number of carbonyl (C=O) groups excluding carboxylic acids is 3. The Bertz CT molecular complexity index is 613. The Morgan fingerprint density at radius 3 is 1.97 bits per heavy atom. The first kappa shape index (κ1) is 35.8. The van der Waals surface area contributed by atoms with Gasteiger partial charge in [-0.3, -0.25) is 9.59 Å². The number of benzene rings is 1. The third kappa shape index (κ3) is 33.8. The SMILES string of the molecule is CC(C)NC(=O)OC(C)(C)C.COC.C[C@H](COC(F)F)NC=O.O=COCc1ccccc1. The average Bonchev–Trinajstić information content (AvgIpc) is 2.71. The van der Waals surface area contributed by atoms with Crippen molar-refractivity contribution in [3.05, 3.63) is 35.9 Å². The van der Waals surface area contributed by atoms with Gasteiger partial charge in [0.05, 0.1) is 6.61 Å². The van der Waals surface area contributed by atoms with Gasteiger partial charge in [-0.2, -0.15) is 8.78 Å². The fraction of sp³-hybridized carbons (Fsp3) is 0.609. The predicted octanol–water partition coefficient (Wildman–Crippen LogP) is 3.90. The van der Waals surface area contributed by atoms with E-state index in [-0.39, 0.29) is 24.8 Å². The molecule has 0 unspecified atom stereocenters. The second kappa shape index (κ2) is 23.4. The molecule has 9 nitrogen and oxygen atoms in total. The van der Waals surface area contributed by atoms with Gasteiger partial charge in [0.1, 0.15) is 12.2 Å². The van der Waals surface area contributed by atoms with Crippen molar-refractivity contribution in [2.24, 2.45) is 0 Å². The first-order chi connectivity index (χ1) is 15.8. The molecule has 0 aliphatic heterocycles. The summed E-state index contributed by atoms with van der Waals surface area (Å²) >= 11 is 0. The highest BCUT2D eigenvalue weighted by Gasteiger charge is 2.16. The topological polar surface area (TPSA) is 112 Å². The van der Waals surface area contributed by atoms with E-state index < -0.39 is 12.2 Å². The van der Waals surface area contributed by atoms with Crippen molar-refractivity contribution in [3.63, 3.8) is 0 Å². The van der Waals surface area contributed by atoms with Crippen molar-refractivity contribution in [1.29, 1.82) is 0 Å². The number of alkyl halides is 2. The van der Waals surface area contributed by atoms with Crippen LogP contribution >= 0.6 is 0 Å². The molecule has 0 aliphatic rings. The summed E-state index contributed by atoms with van der Waals surface area (Å²) in [6, 6.07) is 9.31. The minimum atomic E-state index is -2.77. The highest BCUT2D eigenvalue weighted by atomic mass is 19.3. The minimum Gasteiger partial charge on any atom is -0.463 e. The van der Waals surface area contributed by atoms with Crippen LogP contribution in [0, 0.1) is 0 Å². The molecular weight excluding hydrogens is 454 g/mol. The largest absolute Gasteiger partial charge is 0.463 e. The lowest BCUT2D eigenvalue weighted by Gasteiger charge is -2.20. The van der Waals surface area contributed by atoms with Crippen molar-refractivity contribution in [1.82, 2.24) is 10.6 Å². The number of nitrogens with one attached hydrogen (secondary N) is 2. The highest BCUT2D eigenvalue weighted by molar-refractivity contribution is 5.67. The Morgan fingerprint density at radius 2 is 1.59 bits per heavy atom. The number of halogens is 2. The molecule has 0 saturated carbocycles. The molecule has 0 aliphatic carbocycles. The standard InChI is InChI=1S/C8H17NO2.C8H8O2.C5H9F2NO2.C2H6O/c1-6(2)9-7(10)11-8(3,4)5;9-7-10-6-8-4-2-1-3-5-8;1-4(8-3-9)2-10-5(6)7;1-3-2/h6H,1-5H3,(H,9,10);1-5,7H,6H2;3-5H,2H2,1H3,(H,8,9);1-2H3/t;;4-;/m..1./s1. The van der Waals surface area contributed by atoms with E-state index in [0.717, 1.165) is 5.56 Å². The van der Waals surface area contributed by atoms with E-state index in [1.807, 2.05) is 65.0 Å². The van der Waals surface area contributed by atoms with Gasteiger partial charge >= 0.3 is 12.7 Å². The molecule has 0 spiro atoms. The molecule has 0 fully saturated rings. The Hall–Kier alpha value is -2.79. The van der Waals surface area contributed by atoms with Gasteiger partial charge in [-0.05, 0) is 47.1 Å². The van der Waals surface area contributed by atoms with Crippen LogP contribution in [0.5, 0.6) is 0 Å². The van der Waals surface area contributed by atoms with Gasteiger partial charge in [-0.25, -0.2) is 4.79 Å². The lowest BCUT2D eigenvalue weighted by Crippen LogP contribution is -2.36. The average molecular weight is 495 g/mol. The number of methoxy groups -OCH3 is 1. The van der Waals surface area contributed by atoms with Crippen LogP contribution < -0.4 is 10.6 Å². The molecule has 0 radical (unpaired) electrons. The van der Waals surface area contributed by atoms with Crippen LogP contribution in [0.3, 0.4) is 0 Å². The summed E-state index contributed by atoms with van der Waals surface area (Å²) in [7, 11) is 3.25. The van der Waals surface area contributed by atoms with E-state index in [1.54, 1.807) is 21.1 Å². The molecule has 11 heteroatoms. The van der Waals surface area contributed by atoms with Crippen molar-refractivity contribution < 1.29 is 42.1 Å². The quantitative estimate of drug-likeness (QED) is 0.501. The number of hydrogen-bond donors (Lipinski definition) is 2. The number of amides is 2. The third-order valence-corrected chi connectivity index (χ3v) is 2.79. The lowest BCUT2D eigenvalue weighted by molar-refractivity contribution is -0.134. The molecule has 0 bridgehead atoms. The van der Waals surface area contributed by atoms with Crippen LogP contribution in [0.1, 0.15) is 47.1 Å². The van der Waals surface area contributed by atoms with E-state index >= 15 is 0 Å². The summed E-state index contributed by atoms with van der Waals surface area (Å²) in [5.74, 6) is 0. The van der Waals surface area contributed by atoms with Gasteiger partial charge in [0.2, 0.25) is 6.41 Å². The van der Waals surface area contributed by atoms with Crippen molar-refractivity contribution in [3.8, 4) is 0 Å². The zero-order valence-electron chi connectivity index (χ0n) is 21.3. The molecule has 0 heterocycles. The van der Waals surface area contributed by atoms with Gasteiger partial charge in [0, 0.05) is 26.3 Å². The van der Waals surface area contributed by atoms with Crippen molar-refractivity contribution >= 4 is 19.0 Å². The molecule has 198 valence electrons. The smallest absolute Gasteiger partial charge is 0.407 e. The Balaban J connectivity index is -0.000000400. The lowest BCUT2D eigenvalue weighted by atomic mass is 10.2. The monoisotopic (exact) mass is 494 g/mol. The maximum Gasteiger partial charge on any atom is 0.407 e. The fourth-order valence-electron chi connectivity index (χ4n) is 1.63. The Labute approximate surface area is 201 Å².